The number of nitrogens with one attached hydrogen (secondary N) is 2. The second-order valence-corrected chi connectivity index (χ2v) is 4.52. The molecule has 5 heteroatoms. The van der Waals surface area contributed by atoms with Gasteiger partial charge in [-0.1, -0.05) is 23.7 Å². The molecule has 2 rings (SSSR count). The van der Waals surface area contributed by atoms with Crippen molar-refractivity contribution >= 4 is 28.9 Å². The topological polar surface area (TPSA) is 50.4 Å². The third-order valence-corrected chi connectivity index (χ3v) is 3.02. The van der Waals surface area contributed by atoms with Crippen LogP contribution in [0.3, 0.4) is 0 Å². The van der Waals surface area contributed by atoms with Crippen LogP contribution in [0.5, 0.6) is 5.75 Å². The largest absolute Gasteiger partial charge is 0.497 e. The summed E-state index contributed by atoms with van der Waals surface area (Å²) in [6, 6.07) is 14.4. The molecule has 0 aromatic heterocycles. The summed E-state index contributed by atoms with van der Waals surface area (Å²) in [6.45, 7) is 0.149. The zero-order valence-corrected chi connectivity index (χ0v) is 11.8. The van der Waals surface area contributed by atoms with E-state index in [2.05, 4.69) is 10.6 Å². The number of amides is 1. The van der Waals surface area contributed by atoms with Gasteiger partial charge < -0.3 is 15.4 Å². The molecular formula is C15H15ClN2O2. The highest BCUT2D eigenvalue weighted by Gasteiger charge is 2.04. The molecule has 20 heavy (non-hydrogen) atoms. The second-order valence-electron chi connectivity index (χ2n) is 4.11. The Morgan fingerprint density at radius 2 is 1.85 bits per heavy atom. The lowest BCUT2D eigenvalue weighted by molar-refractivity contribution is -0.114. The molecule has 2 N–H and O–H groups in total. The molecule has 1 amide bonds. The zero-order chi connectivity index (χ0) is 14.4. The quantitative estimate of drug-likeness (QED) is 0.887. The Balaban J connectivity index is 1.87. The average molecular weight is 291 g/mol. The van der Waals surface area contributed by atoms with Crippen molar-refractivity contribution in [1.82, 2.24) is 0 Å². The lowest BCUT2D eigenvalue weighted by Crippen LogP contribution is -2.21. The van der Waals surface area contributed by atoms with Crippen molar-refractivity contribution in [3.05, 3.63) is 53.6 Å². The van der Waals surface area contributed by atoms with Gasteiger partial charge in [-0.25, -0.2) is 0 Å². The number of methoxy groups -OCH3 is 1. The Morgan fingerprint density at radius 1 is 1.15 bits per heavy atom. The van der Waals surface area contributed by atoms with E-state index in [1.54, 1.807) is 37.4 Å². The standard InChI is InChI=1S/C15H15ClN2O2/c1-20-12-8-6-11(7-9-12)18-15(19)10-17-14-5-3-2-4-13(14)16/h2-9,17H,10H2,1H3,(H,18,19). The molecule has 0 heterocycles. The highest BCUT2D eigenvalue weighted by Crippen LogP contribution is 2.20. The summed E-state index contributed by atoms with van der Waals surface area (Å²) >= 11 is 5.99. The van der Waals surface area contributed by atoms with Crippen molar-refractivity contribution in [2.45, 2.75) is 0 Å². The molecular weight excluding hydrogens is 276 g/mol. The number of rotatable bonds is 5. The predicted molar refractivity (Wildman–Crippen MR) is 81.6 cm³/mol. The summed E-state index contributed by atoms with van der Waals surface area (Å²) in [5, 5.41) is 6.36. The molecule has 0 saturated carbocycles. The molecule has 0 aliphatic rings. The third-order valence-electron chi connectivity index (χ3n) is 2.69. The van der Waals surface area contributed by atoms with Crippen LogP contribution >= 0.6 is 11.6 Å². The number of hydrogen-bond donors (Lipinski definition) is 2. The van der Waals surface area contributed by atoms with Crippen LogP contribution in [-0.2, 0) is 4.79 Å². The molecule has 0 aliphatic carbocycles. The fraction of sp³-hybridized carbons (Fsp3) is 0.133. The number of halogens is 1. The average Bonchev–Trinajstić information content (AvgIpc) is 2.47. The van der Waals surface area contributed by atoms with Crippen molar-refractivity contribution in [2.75, 3.05) is 24.3 Å². The number of carbonyl (C=O) groups is 1. The molecule has 0 bridgehead atoms. The number of para-hydroxylation sites is 1. The van der Waals surface area contributed by atoms with Gasteiger partial charge in [-0.15, -0.1) is 0 Å². The minimum absolute atomic E-state index is 0.143. The molecule has 0 aliphatic heterocycles. The highest BCUT2D eigenvalue weighted by molar-refractivity contribution is 6.33. The number of ether oxygens (including phenoxy) is 1. The van der Waals surface area contributed by atoms with Gasteiger partial charge in [0.1, 0.15) is 5.75 Å². The van der Waals surface area contributed by atoms with Crippen LogP contribution < -0.4 is 15.4 Å². The van der Waals surface area contributed by atoms with Gasteiger partial charge in [-0.2, -0.15) is 0 Å². The smallest absolute Gasteiger partial charge is 0.243 e. The Kier molecular flexibility index (Phi) is 4.85. The van der Waals surface area contributed by atoms with Crippen LogP contribution in [0.1, 0.15) is 0 Å². The van der Waals surface area contributed by atoms with E-state index in [1.165, 1.54) is 0 Å². The first-order valence-corrected chi connectivity index (χ1v) is 6.49. The summed E-state index contributed by atoms with van der Waals surface area (Å²) in [7, 11) is 1.60. The van der Waals surface area contributed by atoms with E-state index in [0.29, 0.717) is 5.02 Å². The van der Waals surface area contributed by atoms with E-state index in [4.69, 9.17) is 16.3 Å². The first-order chi connectivity index (χ1) is 9.69. The van der Waals surface area contributed by atoms with Crippen LogP contribution in [0, 0.1) is 0 Å². The maximum Gasteiger partial charge on any atom is 0.243 e. The minimum Gasteiger partial charge on any atom is -0.497 e. The van der Waals surface area contributed by atoms with Crippen LogP contribution in [-0.4, -0.2) is 19.6 Å². The van der Waals surface area contributed by atoms with Crippen molar-refractivity contribution < 1.29 is 9.53 Å². The Bertz CT molecular complexity index is 585. The molecule has 4 nitrogen and oxygen atoms in total. The monoisotopic (exact) mass is 290 g/mol. The van der Waals surface area contributed by atoms with Gasteiger partial charge in [-0.05, 0) is 36.4 Å². The van der Waals surface area contributed by atoms with Gasteiger partial charge >= 0.3 is 0 Å². The summed E-state index contributed by atoms with van der Waals surface area (Å²) in [4.78, 5) is 11.8. The van der Waals surface area contributed by atoms with Gasteiger partial charge in [0.05, 0.1) is 24.4 Å². The lowest BCUT2D eigenvalue weighted by Gasteiger charge is -2.09. The molecule has 104 valence electrons. The number of benzene rings is 2. The molecule has 0 unspecified atom stereocenters. The Morgan fingerprint density at radius 3 is 2.50 bits per heavy atom. The summed E-state index contributed by atoms with van der Waals surface area (Å²) in [6.07, 6.45) is 0. The van der Waals surface area contributed by atoms with Crippen LogP contribution in [0.4, 0.5) is 11.4 Å². The fourth-order valence-electron chi connectivity index (χ4n) is 1.66. The van der Waals surface area contributed by atoms with Crippen molar-refractivity contribution in [2.24, 2.45) is 0 Å². The van der Waals surface area contributed by atoms with Crippen molar-refractivity contribution in [3.63, 3.8) is 0 Å². The summed E-state index contributed by atoms with van der Waals surface area (Å²) < 4.78 is 5.05. The zero-order valence-electron chi connectivity index (χ0n) is 11.0. The Hall–Kier alpha value is -2.20. The van der Waals surface area contributed by atoms with E-state index >= 15 is 0 Å². The van der Waals surface area contributed by atoms with Crippen molar-refractivity contribution in [1.29, 1.82) is 0 Å². The molecule has 0 fully saturated rings. The van der Waals surface area contributed by atoms with Gasteiger partial charge in [0.15, 0.2) is 0 Å². The lowest BCUT2D eigenvalue weighted by atomic mass is 10.3. The van der Waals surface area contributed by atoms with Crippen LogP contribution in [0.15, 0.2) is 48.5 Å². The van der Waals surface area contributed by atoms with Gasteiger partial charge in [0.2, 0.25) is 5.91 Å². The maximum absolute atomic E-state index is 11.8. The Labute approximate surface area is 122 Å². The SMILES string of the molecule is COc1ccc(NC(=O)CNc2ccccc2Cl)cc1. The van der Waals surface area contributed by atoms with Gasteiger partial charge in [-0.3, -0.25) is 4.79 Å². The van der Waals surface area contributed by atoms with Gasteiger partial charge in [0, 0.05) is 5.69 Å². The number of carbonyl (C=O) groups excluding carboxylic acids is 1. The van der Waals surface area contributed by atoms with E-state index in [0.717, 1.165) is 17.1 Å². The number of anilines is 2. The van der Waals surface area contributed by atoms with E-state index in [9.17, 15) is 4.79 Å². The van der Waals surface area contributed by atoms with Gasteiger partial charge in [0.25, 0.3) is 0 Å². The third kappa shape index (κ3) is 3.90. The molecule has 0 saturated heterocycles. The van der Waals surface area contributed by atoms with Crippen LogP contribution in [0.2, 0.25) is 5.02 Å². The molecule has 0 radical (unpaired) electrons. The normalized spacial score (nSPS) is 9.90. The minimum atomic E-state index is -0.143. The molecule has 0 spiro atoms. The van der Waals surface area contributed by atoms with E-state index in [1.807, 2.05) is 18.2 Å². The second kappa shape index (κ2) is 6.82. The maximum atomic E-state index is 11.8. The molecule has 0 atom stereocenters. The number of hydrogen-bond acceptors (Lipinski definition) is 3. The highest BCUT2D eigenvalue weighted by atomic mass is 35.5. The first-order valence-electron chi connectivity index (χ1n) is 6.11. The van der Waals surface area contributed by atoms with Crippen LogP contribution in [0.25, 0.3) is 0 Å². The predicted octanol–water partition coefficient (Wildman–Crippen LogP) is 3.40. The fourth-order valence-corrected chi connectivity index (χ4v) is 1.86. The molecule has 2 aromatic rings. The first kappa shape index (κ1) is 14.2. The summed E-state index contributed by atoms with van der Waals surface area (Å²) in [5.41, 5.74) is 1.45. The summed E-state index contributed by atoms with van der Waals surface area (Å²) in [5.74, 6) is 0.604. The molecule has 2 aromatic carbocycles. The van der Waals surface area contributed by atoms with Crippen molar-refractivity contribution in [3.8, 4) is 5.75 Å². The van der Waals surface area contributed by atoms with E-state index < -0.39 is 0 Å². The van der Waals surface area contributed by atoms with E-state index in [-0.39, 0.29) is 12.5 Å².